The molecule has 0 aromatic carbocycles. The molecule has 0 radical (unpaired) electrons. The molecule has 108 valence electrons. The molecule has 2 aliphatic rings. The van der Waals surface area contributed by atoms with Gasteiger partial charge in [0.05, 0.1) is 11.8 Å². The number of nitrogens with zero attached hydrogens (tertiary/aromatic N) is 2. The van der Waals surface area contributed by atoms with Crippen LogP contribution in [-0.2, 0) is 14.8 Å². The quantitative estimate of drug-likeness (QED) is 0.662. The van der Waals surface area contributed by atoms with Gasteiger partial charge in [-0.15, -0.1) is 6.58 Å². The Morgan fingerprint density at radius 1 is 1.26 bits per heavy atom. The fourth-order valence-electron chi connectivity index (χ4n) is 2.16. The number of amides is 1. The van der Waals surface area contributed by atoms with E-state index in [1.165, 1.54) is 0 Å². The van der Waals surface area contributed by atoms with Crippen molar-refractivity contribution in [1.82, 2.24) is 14.5 Å². The third-order valence-electron chi connectivity index (χ3n) is 3.45. The Morgan fingerprint density at radius 3 is 2.42 bits per heavy atom. The fourth-order valence-corrected chi connectivity index (χ4v) is 3.99. The molecule has 1 saturated heterocycles. The van der Waals surface area contributed by atoms with Crippen LogP contribution in [0.3, 0.4) is 0 Å². The van der Waals surface area contributed by atoms with E-state index in [4.69, 9.17) is 0 Å². The van der Waals surface area contributed by atoms with Gasteiger partial charge in [-0.1, -0.05) is 6.08 Å². The first kappa shape index (κ1) is 14.5. The highest BCUT2D eigenvalue weighted by Crippen LogP contribution is 2.31. The van der Waals surface area contributed by atoms with E-state index in [2.05, 4.69) is 11.9 Å². The van der Waals surface area contributed by atoms with Crippen LogP contribution in [0.1, 0.15) is 12.8 Å². The average Bonchev–Trinajstić information content (AvgIpc) is 3.21. The maximum atomic E-state index is 12.0. The van der Waals surface area contributed by atoms with Crippen molar-refractivity contribution in [2.75, 3.05) is 39.3 Å². The van der Waals surface area contributed by atoms with Gasteiger partial charge >= 0.3 is 0 Å². The van der Waals surface area contributed by atoms with Crippen LogP contribution < -0.4 is 5.32 Å². The SMILES string of the molecule is C=CCNC(=O)CN1CCN(S(=O)(=O)C2CC2)CC1. The van der Waals surface area contributed by atoms with E-state index >= 15 is 0 Å². The zero-order valence-corrected chi connectivity index (χ0v) is 11.9. The second-order valence-corrected chi connectivity index (χ2v) is 7.23. The maximum absolute atomic E-state index is 12.0. The van der Waals surface area contributed by atoms with Crippen molar-refractivity contribution in [2.45, 2.75) is 18.1 Å². The van der Waals surface area contributed by atoms with Crippen LogP contribution in [0.2, 0.25) is 0 Å². The van der Waals surface area contributed by atoms with Gasteiger partial charge < -0.3 is 5.32 Å². The van der Waals surface area contributed by atoms with Gasteiger partial charge in [0, 0.05) is 32.7 Å². The summed E-state index contributed by atoms with van der Waals surface area (Å²) in [6.45, 7) is 6.55. The molecular weight excluding hydrogens is 266 g/mol. The molecule has 1 aliphatic heterocycles. The average molecular weight is 287 g/mol. The highest BCUT2D eigenvalue weighted by molar-refractivity contribution is 7.90. The largest absolute Gasteiger partial charge is 0.352 e. The molecule has 6 nitrogen and oxygen atoms in total. The minimum absolute atomic E-state index is 0.0431. The van der Waals surface area contributed by atoms with Crippen molar-refractivity contribution >= 4 is 15.9 Å². The summed E-state index contributed by atoms with van der Waals surface area (Å²) in [5.74, 6) is -0.0431. The van der Waals surface area contributed by atoms with Crippen LogP contribution in [0.5, 0.6) is 0 Å². The molecule has 1 amide bonds. The van der Waals surface area contributed by atoms with Gasteiger partial charge in [0.25, 0.3) is 0 Å². The molecule has 19 heavy (non-hydrogen) atoms. The second-order valence-electron chi connectivity index (χ2n) is 5.01. The van der Waals surface area contributed by atoms with Gasteiger partial charge in [-0.05, 0) is 12.8 Å². The van der Waals surface area contributed by atoms with Crippen LogP contribution >= 0.6 is 0 Å². The molecule has 0 unspecified atom stereocenters. The predicted octanol–water partition coefficient (Wildman–Crippen LogP) is -0.602. The standard InChI is InChI=1S/C12H21N3O3S/c1-2-5-13-12(16)10-14-6-8-15(9-7-14)19(17,18)11-3-4-11/h2,11H,1,3-10H2,(H,13,16). The van der Waals surface area contributed by atoms with Crippen molar-refractivity contribution in [2.24, 2.45) is 0 Å². The molecular formula is C12H21N3O3S. The van der Waals surface area contributed by atoms with Crippen LogP contribution in [0.25, 0.3) is 0 Å². The molecule has 0 atom stereocenters. The Bertz CT molecular complexity index is 437. The lowest BCUT2D eigenvalue weighted by atomic mass is 10.3. The van der Waals surface area contributed by atoms with Crippen molar-refractivity contribution in [3.63, 3.8) is 0 Å². The van der Waals surface area contributed by atoms with E-state index in [0.717, 1.165) is 12.8 Å². The molecule has 7 heteroatoms. The summed E-state index contributed by atoms with van der Waals surface area (Å²) < 4.78 is 25.6. The van der Waals surface area contributed by atoms with E-state index in [1.807, 2.05) is 4.90 Å². The molecule has 2 rings (SSSR count). The maximum Gasteiger partial charge on any atom is 0.234 e. The van der Waals surface area contributed by atoms with Crippen LogP contribution in [-0.4, -0.2) is 68.0 Å². The molecule has 1 heterocycles. The lowest BCUT2D eigenvalue weighted by molar-refractivity contribution is -0.122. The molecule has 0 bridgehead atoms. The fraction of sp³-hybridized carbons (Fsp3) is 0.750. The van der Waals surface area contributed by atoms with Gasteiger partial charge in [-0.25, -0.2) is 8.42 Å². The Morgan fingerprint density at radius 2 is 1.89 bits per heavy atom. The number of carbonyl (C=O) groups is 1. The first-order valence-corrected chi connectivity index (χ1v) is 8.13. The summed E-state index contributed by atoms with van der Waals surface area (Å²) in [7, 11) is -3.06. The number of sulfonamides is 1. The molecule has 1 N–H and O–H groups in total. The van der Waals surface area contributed by atoms with Gasteiger partial charge in [0.1, 0.15) is 0 Å². The van der Waals surface area contributed by atoms with Crippen molar-refractivity contribution < 1.29 is 13.2 Å². The lowest BCUT2D eigenvalue weighted by Gasteiger charge is -2.33. The van der Waals surface area contributed by atoms with Crippen molar-refractivity contribution in [1.29, 1.82) is 0 Å². The summed E-state index contributed by atoms with van der Waals surface area (Å²) in [5, 5.41) is 2.58. The summed E-state index contributed by atoms with van der Waals surface area (Å²) in [6.07, 6.45) is 3.23. The summed E-state index contributed by atoms with van der Waals surface area (Å²) in [5.41, 5.74) is 0. The third kappa shape index (κ3) is 3.77. The van der Waals surface area contributed by atoms with Gasteiger partial charge in [-0.2, -0.15) is 4.31 Å². The van der Waals surface area contributed by atoms with E-state index < -0.39 is 10.0 Å². The summed E-state index contributed by atoms with van der Waals surface area (Å²) >= 11 is 0. The first-order valence-electron chi connectivity index (χ1n) is 6.63. The Labute approximate surface area is 114 Å². The number of hydrogen-bond acceptors (Lipinski definition) is 4. The molecule has 1 aliphatic carbocycles. The first-order chi connectivity index (χ1) is 9.04. The molecule has 1 saturated carbocycles. The van der Waals surface area contributed by atoms with Crippen LogP contribution in [0, 0.1) is 0 Å². The highest BCUT2D eigenvalue weighted by Gasteiger charge is 2.40. The van der Waals surface area contributed by atoms with Gasteiger partial charge in [0.15, 0.2) is 0 Å². The zero-order chi connectivity index (χ0) is 13.9. The summed E-state index contributed by atoms with van der Waals surface area (Å²) in [4.78, 5) is 13.5. The Hall–Kier alpha value is -0.920. The third-order valence-corrected chi connectivity index (χ3v) is 5.85. The number of rotatable bonds is 6. The number of piperazine rings is 1. The van der Waals surface area contributed by atoms with E-state index in [-0.39, 0.29) is 11.2 Å². The van der Waals surface area contributed by atoms with Crippen molar-refractivity contribution in [3.05, 3.63) is 12.7 Å². The number of hydrogen-bond donors (Lipinski definition) is 1. The predicted molar refractivity (Wildman–Crippen MR) is 73.2 cm³/mol. The van der Waals surface area contributed by atoms with E-state index in [9.17, 15) is 13.2 Å². The Balaban J connectivity index is 1.76. The monoisotopic (exact) mass is 287 g/mol. The van der Waals surface area contributed by atoms with Gasteiger partial charge in [0.2, 0.25) is 15.9 Å². The molecule has 2 fully saturated rings. The zero-order valence-electron chi connectivity index (χ0n) is 11.0. The second kappa shape index (κ2) is 6.02. The van der Waals surface area contributed by atoms with Crippen LogP contribution in [0.15, 0.2) is 12.7 Å². The molecule has 0 aromatic rings. The van der Waals surface area contributed by atoms with Crippen molar-refractivity contribution in [3.8, 4) is 0 Å². The minimum Gasteiger partial charge on any atom is -0.352 e. The smallest absolute Gasteiger partial charge is 0.234 e. The number of nitrogens with one attached hydrogen (secondary N) is 1. The van der Waals surface area contributed by atoms with E-state index in [0.29, 0.717) is 39.3 Å². The lowest BCUT2D eigenvalue weighted by Crippen LogP contribution is -2.51. The number of carbonyl (C=O) groups excluding carboxylic acids is 1. The normalized spacial score (nSPS) is 22.1. The minimum atomic E-state index is -3.06. The topological polar surface area (TPSA) is 69.7 Å². The van der Waals surface area contributed by atoms with Gasteiger partial charge in [-0.3, -0.25) is 9.69 Å². The van der Waals surface area contributed by atoms with Crippen LogP contribution in [0.4, 0.5) is 0 Å². The molecule has 0 aromatic heterocycles. The van der Waals surface area contributed by atoms with E-state index in [1.54, 1.807) is 10.4 Å². The Kier molecular flexibility index (Phi) is 4.59. The highest BCUT2D eigenvalue weighted by atomic mass is 32.2. The molecule has 0 spiro atoms. The summed E-state index contributed by atoms with van der Waals surface area (Å²) in [6, 6.07) is 0.